The maximum atomic E-state index is 14.5. The first-order valence-electron chi connectivity index (χ1n) is 29.4. The number of aliphatic hydroxyl groups is 4. The molecule has 0 radical (unpaired) electrons. The number of fused-ring (bicyclic) bond motifs is 3. The Kier molecular flexibility index (Phi) is 30.5. The molecule has 0 aromatic heterocycles. The lowest BCUT2D eigenvalue weighted by Crippen LogP contribution is -2.60. The fourth-order valence-corrected chi connectivity index (χ4v) is 11.4. The molecule has 0 aromatic rings. The number of ether oxygens (including phenoxy) is 8. The number of ketones is 1. The van der Waals surface area contributed by atoms with Crippen molar-refractivity contribution >= 4 is 29.3 Å². The van der Waals surface area contributed by atoms with Gasteiger partial charge >= 0.3 is 5.97 Å². The van der Waals surface area contributed by atoms with Crippen molar-refractivity contribution in [2.24, 2.45) is 40.7 Å². The Morgan fingerprint density at radius 3 is 2.23 bits per heavy atom. The van der Waals surface area contributed by atoms with Crippen molar-refractivity contribution in [2.45, 2.75) is 199 Å². The van der Waals surface area contributed by atoms with E-state index in [4.69, 9.17) is 42.7 Å². The number of methoxy groups -OCH3 is 4. The minimum absolute atomic E-state index is 0.00704. The number of hydrogen-bond acceptors (Lipinski definition) is 18. The van der Waals surface area contributed by atoms with Gasteiger partial charge in [0, 0.05) is 72.1 Å². The summed E-state index contributed by atoms with van der Waals surface area (Å²) in [6.07, 6.45) is 8.53. The second-order valence-corrected chi connectivity index (χ2v) is 23.1. The van der Waals surface area contributed by atoms with E-state index in [0.29, 0.717) is 102 Å². The molecule has 458 valence electrons. The van der Waals surface area contributed by atoms with Crippen LogP contribution in [0, 0.1) is 35.5 Å². The van der Waals surface area contributed by atoms with Gasteiger partial charge in [-0.15, -0.1) is 0 Å². The van der Waals surface area contributed by atoms with E-state index >= 15 is 0 Å². The summed E-state index contributed by atoms with van der Waals surface area (Å²) in [4.78, 5) is 63.0. The van der Waals surface area contributed by atoms with Crippen LogP contribution in [-0.2, 0) is 61.9 Å². The van der Waals surface area contributed by atoms with E-state index in [-0.39, 0.29) is 62.3 Å². The normalized spacial score (nSPS) is 36.7. The van der Waals surface area contributed by atoms with Crippen molar-refractivity contribution in [3.63, 3.8) is 0 Å². The quantitative estimate of drug-likeness (QED) is 0.0357. The van der Waals surface area contributed by atoms with E-state index in [1.807, 2.05) is 26.0 Å². The molecule has 0 spiro atoms. The van der Waals surface area contributed by atoms with Crippen LogP contribution in [0.25, 0.3) is 0 Å². The van der Waals surface area contributed by atoms with E-state index in [2.05, 4.69) is 30.4 Å². The summed E-state index contributed by atoms with van der Waals surface area (Å²) in [5.41, 5.74) is 1.78. The molecule has 5 N–H and O–H groups in total. The summed E-state index contributed by atoms with van der Waals surface area (Å²) < 4.78 is 46.0. The molecule has 1 aliphatic carbocycles. The molecule has 20 heteroatoms. The third-order valence-electron chi connectivity index (χ3n) is 17.0. The molecular formula is C60H101N3O17. The van der Waals surface area contributed by atoms with Crippen molar-refractivity contribution in [3.8, 4) is 0 Å². The molecule has 4 aliphatic rings. The maximum Gasteiger partial charge on any atom is 0.329 e. The molecule has 1 saturated carbocycles. The molecule has 2 saturated heterocycles. The Hall–Kier alpha value is -3.67. The lowest BCUT2D eigenvalue weighted by atomic mass is 9.81. The van der Waals surface area contributed by atoms with Gasteiger partial charge in [0.15, 0.2) is 6.61 Å². The average molecular weight is 1140 g/mol. The maximum absolute atomic E-state index is 14.5. The Balaban J connectivity index is 1.67. The summed E-state index contributed by atoms with van der Waals surface area (Å²) in [6, 6.07) is -1.12. The van der Waals surface area contributed by atoms with Crippen molar-refractivity contribution in [1.29, 1.82) is 0 Å². The number of esters is 1. The predicted molar refractivity (Wildman–Crippen MR) is 301 cm³/mol. The summed E-state index contributed by atoms with van der Waals surface area (Å²) in [5, 5.41) is 53.9. The van der Waals surface area contributed by atoms with Gasteiger partial charge < -0.3 is 73.4 Å². The fraction of sp³-hybridized carbons (Fsp3) is 0.817. The van der Waals surface area contributed by atoms with Crippen molar-refractivity contribution in [2.75, 3.05) is 81.2 Å². The molecule has 2 amide bonds. The van der Waals surface area contributed by atoms with Gasteiger partial charge in [-0.25, -0.2) is 4.79 Å². The van der Waals surface area contributed by atoms with Gasteiger partial charge in [-0.05, 0) is 120 Å². The first kappa shape index (κ1) is 68.8. The number of piperidine rings is 1. The second-order valence-electron chi connectivity index (χ2n) is 23.1. The number of oxime groups is 1. The highest BCUT2D eigenvalue weighted by molar-refractivity contribution is 6.39. The van der Waals surface area contributed by atoms with E-state index in [0.717, 1.165) is 18.4 Å². The molecule has 4 rings (SSSR count). The smallest absolute Gasteiger partial charge is 0.329 e. The molecular weight excluding hydrogens is 1030 g/mol. The van der Waals surface area contributed by atoms with Crippen LogP contribution in [0.4, 0.5) is 0 Å². The molecule has 80 heavy (non-hydrogen) atoms. The van der Waals surface area contributed by atoms with Crippen LogP contribution in [0.1, 0.15) is 138 Å². The molecule has 3 aliphatic heterocycles. The number of rotatable bonds is 18. The summed E-state index contributed by atoms with van der Waals surface area (Å²) >= 11 is 0. The molecule has 2 bridgehead atoms. The number of nitrogens with one attached hydrogen (secondary N) is 1. The van der Waals surface area contributed by atoms with E-state index in [9.17, 15) is 39.6 Å². The van der Waals surface area contributed by atoms with Crippen LogP contribution < -0.4 is 5.32 Å². The summed E-state index contributed by atoms with van der Waals surface area (Å²) in [7, 11) is 6.24. The molecule has 20 nitrogen and oxygen atoms in total. The fourth-order valence-electron chi connectivity index (χ4n) is 11.4. The SMILES string of the molecule is COCCOCCOCCNC(=O)CO/N=C1\[C@H](C)C[C@H](C)C(C)C/C=C/C=C(\C)[C@@H](OC)C[C@@H]2CC[C@@H](C)[C@@](O)(O2)C(=O)C(=O)N2CCCC[C@H]2C(=O)O[C@H](CC[C@@H]2CC[C@@H](O)[C@H](OC)C2)C[C@@H](O)[C@H](C)/C=C(\C)[C@@H](O)[C@H]1OC. The van der Waals surface area contributed by atoms with E-state index < -0.39 is 96.6 Å². The molecule has 3 fully saturated rings. The van der Waals surface area contributed by atoms with E-state index in [1.165, 1.54) is 12.0 Å². The van der Waals surface area contributed by atoms with Crippen LogP contribution in [-0.4, -0.2) is 196 Å². The van der Waals surface area contributed by atoms with Crippen molar-refractivity contribution in [1.82, 2.24) is 10.2 Å². The third kappa shape index (κ3) is 21.2. The minimum Gasteiger partial charge on any atom is -0.461 e. The Bertz CT molecular complexity index is 2020. The highest BCUT2D eigenvalue weighted by Crippen LogP contribution is 2.38. The van der Waals surface area contributed by atoms with E-state index in [1.54, 1.807) is 48.2 Å². The van der Waals surface area contributed by atoms with Crippen LogP contribution in [0.15, 0.2) is 40.6 Å². The van der Waals surface area contributed by atoms with Gasteiger partial charge in [0.1, 0.15) is 24.4 Å². The van der Waals surface area contributed by atoms with Gasteiger partial charge in [-0.3, -0.25) is 14.4 Å². The van der Waals surface area contributed by atoms with Crippen molar-refractivity contribution < 1.29 is 82.3 Å². The Morgan fingerprint density at radius 1 is 0.800 bits per heavy atom. The second kappa shape index (κ2) is 35.5. The lowest BCUT2D eigenvalue weighted by molar-refractivity contribution is -0.265. The molecule has 16 atom stereocenters. The monoisotopic (exact) mass is 1140 g/mol. The first-order valence-corrected chi connectivity index (χ1v) is 29.4. The molecule has 1 unspecified atom stereocenters. The number of carbonyl (C=O) groups is 4. The highest BCUT2D eigenvalue weighted by atomic mass is 16.6. The first-order chi connectivity index (χ1) is 38.2. The predicted octanol–water partition coefficient (Wildman–Crippen LogP) is 5.80. The zero-order chi connectivity index (χ0) is 58.9. The van der Waals surface area contributed by atoms with Crippen LogP contribution in [0.3, 0.4) is 0 Å². The number of aliphatic hydroxyl groups excluding tert-OH is 3. The van der Waals surface area contributed by atoms with Crippen LogP contribution in [0.2, 0.25) is 0 Å². The number of allylic oxidation sites excluding steroid dienone is 3. The van der Waals surface area contributed by atoms with Gasteiger partial charge in [0.05, 0.1) is 69.3 Å². The zero-order valence-electron chi connectivity index (χ0n) is 50.0. The van der Waals surface area contributed by atoms with Gasteiger partial charge in [0.2, 0.25) is 5.79 Å². The Labute approximate surface area is 476 Å². The number of amides is 2. The topological polar surface area (TPSA) is 260 Å². The summed E-state index contributed by atoms with van der Waals surface area (Å²) in [6.45, 7) is 15.4. The number of Topliss-reactive ketones (excluding diaryl/α,β-unsaturated/α-hetero) is 1. The Morgan fingerprint density at radius 2 is 1.52 bits per heavy atom. The number of hydrogen-bond donors (Lipinski definition) is 5. The van der Waals surface area contributed by atoms with Gasteiger partial charge in [-0.2, -0.15) is 0 Å². The third-order valence-corrected chi connectivity index (χ3v) is 17.0. The minimum atomic E-state index is -2.43. The molecule has 0 aromatic carbocycles. The lowest BCUT2D eigenvalue weighted by Gasteiger charge is -2.42. The van der Waals surface area contributed by atoms with Crippen LogP contribution in [0.5, 0.6) is 0 Å². The largest absolute Gasteiger partial charge is 0.461 e. The number of cyclic esters (lactones) is 1. The summed E-state index contributed by atoms with van der Waals surface area (Å²) in [5.74, 6) is -6.78. The number of nitrogens with zero attached hydrogens (tertiary/aromatic N) is 2. The number of carbonyl (C=O) groups excluding carboxylic acids is 4. The highest BCUT2D eigenvalue weighted by Gasteiger charge is 2.53. The molecule has 3 heterocycles. The van der Waals surface area contributed by atoms with Crippen molar-refractivity contribution in [3.05, 3.63) is 35.5 Å². The van der Waals surface area contributed by atoms with Gasteiger partial charge in [0.25, 0.3) is 17.6 Å². The van der Waals surface area contributed by atoms with Crippen LogP contribution >= 0.6 is 0 Å². The standard InChI is InChI=1S/C60H101N3O17/c1-38-16-12-13-17-39(2)51(73-9)36-47-22-19-44(7)60(71,80-47)57(68)58(69)63-26-15-14-18-48(63)59(70)79-46(23-20-45-21-24-49(64)52(34-45)74-10)35-50(65)41(4)33-43(6)55(67)56(75-11)54(42(5)32-40(38)3)62-78-37-53(66)61-25-27-76-30-31-77-29-28-72-8/h12-13,17,33,38,40-42,44-52,55-56,64-65,67,71H,14-16,18-32,34-37H2,1-11H3,(H,61,66)/b13-12+,39-17+,43-33+,62-54+/t38?,40-,41+,42+,44+,45+,46+,47-,48-,49+,50+,51-,52+,55+,56-,60+/m0/s1. The zero-order valence-corrected chi connectivity index (χ0v) is 50.0. The van der Waals surface area contributed by atoms with Gasteiger partial charge in [-0.1, -0.05) is 64.1 Å². The average Bonchev–Trinajstić information content (AvgIpc) is 3.57.